The van der Waals surface area contributed by atoms with E-state index in [4.69, 9.17) is 0 Å². The van der Waals surface area contributed by atoms with Gasteiger partial charge >= 0.3 is 6.18 Å². The van der Waals surface area contributed by atoms with E-state index in [1.165, 1.54) is 11.5 Å². The molecule has 6 heteroatoms. The first-order valence-corrected chi connectivity index (χ1v) is 5.59. The number of halogens is 3. The first-order valence-electron chi connectivity index (χ1n) is 5.59. The van der Waals surface area contributed by atoms with Crippen LogP contribution in [0.15, 0.2) is 16.9 Å². The molecule has 18 heavy (non-hydrogen) atoms. The molecule has 1 atom stereocenters. The molecule has 0 saturated carbocycles. The summed E-state index contributed by atoms with van der Waals surface area (Å²) in [6.45, 7) is 5.45. The second-order valence-electron chi connectivity index (χ2n) is 4.66. The lowest BCUT2D eigenvalue weighted by Gasteiger charge is -2.20. The number of hydrogen-bond donors (Lipinski definition) is 1. The first-order chi connectivity index (χ1) is 8.14. The summed E-state index contributed by atoms with van der Waals surface area (Å²) >= 11 is 0. The molecule has 1 heterocycles. The van der Waals surface area contributed by atoms with Gasteiger partial charge in [0.05, 0.1) is 0 Å². The van der Waals surface area contributed by atoms with E-state index in [-0.39, 0.29) is 22.7 Å². The minimum absolute atomic E-state index is 0.125. The van der Waals surface area contributed by atoms with Gasteiger partial charge in [-0.1, -0.05) is 13.8 Å². The Kier molecular flexibility index (Phi) is 4.21. The summed E-state index contributed by atoms with van der Waals surface area (Å²) in [6.07, 6.45) is -7.29. The number of alkyl halides is 3. The van der Waals surface area contributed by atoms with E-state index in [1.807, 2.05) is 13.8 Å². The average Bonchev–Trinajstić information content (AvgIpc) is 2.22. The van der Waals surface area contributed by atoms with Gasteiger partial charge in [0.2, 0.25) is 0 Å². The molecule has 1 aromatic heterocycles. The topological polar surface area (TPSA) is 42.2 Å². The van der Waals surface area contributed by atoms with Crippen LogP contribution >= 0.6 is 0 Å². The van der Waals surface area contributed by atoms with Gasteiger partial charge in [0.1, 0.15) is 0 Å². The van der Waals surface area contributed by atoms with Crippen molar-refractivity contribution in [3.63, 3.8) is 0 Å². The predicted octanol–water partition coefficient (Wildman–Crippen LogP) is 2.41. The predicted molar refractivity (Wildman–Crippen MR) is 61.3 cm³/mol. The normalized spacial score (nSPS) is 14.0. The fraction of sp³-hybridized carbons (Fsp3) is 0.583. The molecule has 0 radical (unpaired) electrons. The summed E-state index contributed by atoms with van der Waals surface area (Å²) < 4.78 is 38.7. The van der Waals surface area contributed by atoms with Gasteiger partial charge in [0.15, 0.2) is 6.10 Å². The summed E-state index contributed by atoms with van der Waals surface area (Å²) in [5.41, 5.74) is -0.483. The van der Waals surface area contributed by atoms with Gasteiger partial charge in [-0.25, -0.2) is 0 Å². The van der Waals surface area contributed by atoms with Gasteiger partial charge in [0, 0.05) is 23.9 Å². The molecule has 0 aliphatic carbocycles. The second kappa shape index (κ2) is 5.14. The van der Waals surface area contributed by atoms with Gasteiger partial charge in [-0.05, 0) is 18.9 Å². The molecule has 1 rings (SSSR count). The van der Waals surface area contributed by atoms with Gasteiger partial charge in [-0.3, -0.25) is 4.79 Å². The van der Waals surface area contributed by atoms with Gasteiger partial charge in [0.25, 0.3) is 5.56 Å². The average molecular weight is 263 g/mol. The SMILES string of the molecule is Cc1c(C(O)C(F)(F)F)ccc(=O)n1CC(C)C. The Balaban J connectivity index is 3.29. The van der Waals surface area contributed by atoms with Crippen molar-refractivity contribution in [1.82, 2.24) is 4.57 Å². The Morgan fingerprint density at radius 2 is 1.89 bits per heavy atom. The number of rotatable bonds is 3. The van der Waals surface area contributed by atoms with Crippen molar-refractivity contribution in [1.29, 1.82) is 0 Å². The first kappa shape index (κ1) is 14.8. The molecule has 0 bridgehead atoms. The molecule has 0 amide bonds. The number of hydrogen-bond acceptors (Lipinski definition) is 2. The van der Waals surface area contributed by atoms with Crippen LogP contribution < -0.4 is 5.56 Å². The monoisotopic (exact) mass is 263 g/mol. The summed E-state index contributed by atoms with van der Waals surface area (Å²) in [7, 11) is 0. The number of aliphatic hydroxyl groups is 1. The van der Waals surface area contributed by atoms with Crippen LogP contribution in [-0.4, -0.2) is 15.8 Å². The van der Waals surface area contributed by atoms with E-state index in [0.717, 1.165) is 12.1 Å². The van der Waals surface area contributed by atoms with Crippen LogP contribution in [-0.2, 0) is 6.54 Å². The third-order valence-corrected chi connectivity index (χ3v) is 2.65. The standard InChI is InChI=1S/C12H16F3NO2/c1-7(2)6-16-8(3)9(4-5-10(16)17)11(18)12(13,14)15/h4-5,7,11,18H,6H2,1-3H3. The Morgan fingerprint density at radius 3 is 2.33 bits per heavy atom. The largest absolute Gasteiger partial charge is 0.418 e. The molecule has 102 valence electrons. The fourth-order valence-electron chi connectivity index (χ4n) is 1.75. The van der Waals surface area contributed by atoms with Gasteiger partial charge < -0.3 is 9.67 Å². The van der Waals surface area contributed by atoms with Crippen molar-refractivity contribution in [2.75, 3.05) is 0 Å². The lowest BCUT2D eigenvalue weighted by atomic mass is 10.1. The third-order valence-electron chi connectivity index (χ3n) is 2.65. The highest BCUT2D eigenvalue weighted by Gasteiger charge is 2.40. The zero-order valence-electron chi connectivity index (χ0n) is 10.5. The molecule has 0 spiro atoms. The molecular formula is C12H16F3NO2. The van der Waals surface area contributed by atoms with Crippen molar-refractivity contribution in [2.24, 2.45) is 5.92 Å². The molecule has 1 aromatic rings. The molecular weight excluding hydrogens is 247 g/mol. The molecule has 0 saturated heterocycles. The van der Waals surface area contributed by atoms with Crippen molar-refractivity contribution >= 4 is 0 Å². The number of aliphatic hydroxyl groups excluding tert-OH is 1. The molecule has 0 aliphatic rings. The lowest BCUT2D eigenvalue weighted by molar-refractivity contribution is -0.207. The van der Waals surface area contributed by atoms with Crippen LogP contribution in [0.1, 0.15) is 31.2 Å². The Hall–Kier alpha value is -1.30. The van der Waals surface area contributed by atoms with Crippen LogP contribution in [0.4, 0.5) is 13.2 Å². The maximum atomic E-state index is 12.5. The van der Waals surface area contributed by atoms with Crippen LogP contribution in [0.3, 0.4) is 0 Å². The molecule has 3 nitrogen and oxygen atoms in total. The molecule has 0 fully saturated rings. The van der Waals surface area contributed by atoms with E-state index >= 15 is 0 Å². The minimum Gasteiger partial charge on any atom is -0.379 e. The number of aromatic nitrogens is 1. The van der Waals surface area contributed by atoms with E-state index in [0.29, 0.717) is 6.54 Å². The lowest BCUT2D eigenvalue weighted by Crippen LogP contribution is -2.28. The molecule has 1 N–H and O–H groups in total. The van der Waals surface area contributed by atoms with Crippen molar-refractivity contribution < 1.29 is 18.3 Å². The fourth-order valence-corrected chi connectivity index (χ4v) is 1.75. The van der Waals surface area contributed by atoms with Crippen molar-refractivity contribution in [2.45, 2.75) is 39.6 Å². The zero-order chi connectivity index (χ0) is 14.1. The maximum Gasteiger partial charge on any atom is 0.418 e. The summed E-state index contributed by atoms with van der Waals surface area (Å²) in [6, 6.07) is 2.09. The maximum absolute atomic E-state index is 12.5. The number of nitrogens with zero attached hydrogens (tertiary/aromatic N) is 1. The summed E-state index contributed by atoms with van der Waals surface area (Å²) in [5, 5.41) is 9.25. The molecule has 0 aliphatic heterocycles. The third kappa shape index (κ3) is 3.13. The van der Waals surface area contributed by atoms with Crippen molar-refractivity contribution in [3.05, 3.63) is 33.7 Å². The van der Waals surface area contributed by atoms with Crippen LogP contribution in [0, 0.1) is 12.8 Å². The summed E-state index contributed by atoms with van der Waals surface area (Å²) in [4.78, 5) is 11.6. The van der Waals surface area contributed by atoms with Gasteiger partial charge in [-0.2, -0.15) is 13.2 Å². The van der Waals surface area contributed by atoms with E-state index in [9.17, 15) is 23.1 Å². The van der Waals surface area contributed by atoms with Crippen LogP contribution in [0.25, 0.3) is 0 Å². The smallest absolute Gasteiger partial charge is 0.379 e. The highest BCUT2D eigenvalue weighted by molar-refractivity contribution is 5.23. The van der Waals surface area contributed by atoms with Gasteiger partial charge in [-0.15, -0.1) is 0 Å². The quantitative estimate of drug-likeness (QED) is 0.910. The highest BCUT2D eigenvalue weighted by Crippen LogP contribution is 2.33. The Bertz CT molecular complexity index is 477. The molecule has 1 unspecified atom stereocenters. The minimum atomic E-state index is -4.73. The molecule has 0 aromatic carbocycles. The van der Waals surface area contributed by atoms with E-state index < -0.39 is 12.3 Å². The van der Waals surface area contributed by atoms with Crippen LogP contribution in [0.5, 0.6) is 0 Å². The highest BCUT2D eigenvalue weighted by atomic mass is 19.4. The second-order valence-corrected chi connectivity index (χ2v) is 4.66. The van der Waals surface area contributed by atoms with E-state index in [1.54, 1.807) is 0 Å². The summed E-state index contributed by atoms with van der Waals surface area (Å²) in [5.74, 6) is 0.125. The van der Waals surface area contributed by atoms with E-state index in [2.05, 4.69) is 0 Å². The Labute approximate surface area is 103 Å². The Morgan fingerprint density at radius 1 is 1.33 bits per heavy atom. The number of pyridine rings is 1. The van der Waals surface area contributed by atoms with Crippen molar-refractivity contribution in [3.8, 4) is 0 Å². The van der Waals surface area contributed by atoms with Crippen LogP contribution in [0.2, 0.25) is 0 Å². The zero-order valence-corrected chi connectivity index (χ0v) is 10.5.